The summed E-state index contributed by atoms with van der Waals surface area (Å²) in [5.41, 5.74) is 7.24. The van der Waals surface area contributed by atoms with Gasteiger partial charge in [0.1, 0.15) is 5.88 Å². The Hall–Kier alpha value is -0.700. The van der Waals surface area contributed by atoms with Crippen LogP contribution >= 0.6 is 11.6 Å². The van der Waals surface area contributed by atoms with Gasteiger partial charge in [0.05, 0.1) is 0 Å². The van der Waals surface area contributed by atoms with E-state index in [4.69, 9.17) is 11.6 Å². The van der Waals surface area contributed by atoms with Gasteiger partial charge in [0.25, 0.3) is 5.91 Å². The van der Waals surface area contributed by atoms with E-state index >= 15 is 0 Å². The lowest BCUT2D eigenvalue weighted by molar-refractivity contribution is -0.119. The molecule has 1 amide bonds. The van der Waals surface area contributed by atoms with Crippen LogP contribution in [0.3, 0.4) is 0 Å². The van der Waals surface area contributed by atoms with Gasteiger partial charge in [-0.15, -0.1) is 11.6 Å². The number of carbonyl (C=O) groups is 1. The Balaban J connectivity index is 2.09. The van der Waals surface area contributed by atoms with E-state index in [-0.39, 0.29) is 22.6 Å². The summed E-state index contributed by atoms with van der Waals surface area (Å²) in [6.45, 7) is 6.88. The molecule has 0 spiro atoms. The molecule has 0 unspecified atom stereocenters. The van der Waals surface area contributed by atoms with Gasteiger partial charge in [-0.3, -0.25) is 10.2 Å². The van der Waals surface area contributed by atoms with Crippen molar-refractivity contribution in [2.45, 2.75) is 33.6 Å². The average molecular weight is 243 g/mol. The second kappa shape index (κ2) is 3.66. The number of allylic oxidation sites excluding steroid dienone is 2. The number of fused-ring (bicyclic) bond motifs is 2. The van der Waals surface area contributed by atoms with E-state index in [1.165, 1.54) is 12.8 Å². The molecule has 0 aromatic heterocycles. The Labute approximate surface area is 102 Å². The van der Waals surface area contributed by atoms with Crippen LogP contribution in [0, 0.1) is 16.7 Å². The van der Waals surface area contributed by atoms with Crippen molar-refractivity contribution in [1.82, 2.24) is 10.9 Å². The van der Waals surface area contributed by atoms with E-state index < -0.39 is 0 Å². The second-order valence-corrected chi connectivity index (χ2v) is 5.85. The number of nitrogens with one attached hydrogen (secondary N) is 2. The number of alkyl halides is 1. The first-order chi connectivity index (χ1) is 7.41. The lowest BCUT2D eigenvalue weighted by Crippen LogP contribution is -2.43. The molecule has 1 fully saturated rings. The number of hydrogen-bond acceptors (Lipinski definition) is 2. The SMILES string of the molecule is CC1(C)[C@H]2C=C(NNC(=O)CCl)[C@@]1(C)CC2. The number of halogens is 1. The van der Waals surface area contributed by atoms with Crippen LogP contribution in [0.25, 0.3) is 0 Å². The van der Waals surface area contributed by atoms with Gasteiger partial charge in [-0.1, -0.05) is 26.8 Å². The molecule has 0 aliphatic heterocycles. The van der Waals surface area contributed by atoms with Gasteiger partial charge >= 0.3 is 0 Å². The smallest absolute Gasteiger partial charge is 0.253 e. The van der Waals surface area contributed by atoms with Crippen molar-refractivity contribution in [2.24, 2.45) is 16.7 Å². The zero-order chi connectivity index (χ0) is 12.0. The average Bonchev–Trinajstić information content (AvgIpc) is 2.58. The van der Waals surface area contributed by atoms with E-state index in [1.807, 2.05) is 0 Å². The molecule has 2 aliphatic carbocycles. The molecule has 90 valence electrons. The predicted octanol–water partition coefficient (Wildman–Crippen LogP) is 2.19. The van der Waals surface area contributed by atoms with Gasteiger partial charge < -0.3 is 5.43 Å². The molecule has 4 heteroatoms. The van der Waals surface area contributed by atoms with Crippen molar-refractivity contribution in [3.05, 3.63) is 11.8 Å². The highest BCUT2D eigenvalue weighted by Gasteiger charge is 2.57. The van der Waals surface area contributed by atoms with Crippen molar-refractivity contribution in [1.29, 1.82) is 0 Å². The van der Waals surface area contributed by atoms with Gasteiger partial charge in [0.15, 0.2) is 0 Å². The third-order valence-corrected chi connectivity index (χ3v) is 4.97. The van der Waals surface area contributed by atoms with Crippen molar-refractivity contribution in [2.75, 3.05) is 5.88 Å². The minimum Gasteiger partial charge on any atom is -0.302 e. The zero-order valence-corrected chi connectivity index (χ0v) is 10.8. The molecule has 2 N–H and O–H groups in total. The molecule has 0 aromatic rings. The highest BCUT2D eigenvalue weighted by Crippen LogP contribution is 2.64. The predicted molar refractivity (Wildman–Crippen MR) is 64.7 cm³/mol. The molecule has 2 rings (SSSR count). The summed E-state index contributed by atoms with van der Waals surface area (Å²) in [5.74, 6) is 0.420. The number of hydrazine groups is 1. The number of hydrogen-bond donors (Lipinski definition) is 2. The van der Waals surface area contributed by atoms with Crippen LogP contribution in [0.1, 0.15) is 33.6 Å². The van der Waals surface area contributed by atoms with Crippen molar-refractivity contribution in [3.63, 3.8) is 0 Å². The summed E-state index contributed by atoms with van der Waals surface area (Å²) < 4.78 is 0. The molecule has 0 saturated heterocycles. The number of amides is 1. The minimum absolute atomic E-state index is 0.0101. The molecule has 3 nitrogen and oxygen atoms in total. The summed E-state index contributed by atoms with van der Waals surface area (Å²) in [6, 6.07) is 0. The normalized spacial score (nSPS) is 34.8. The third kappa shape index (κ3) is 1.45. The fourth-order valence-electron chi connectivity index (χ4n) is 3.04. The van der Waals surface area contributed by atoms with Crippen LogP contribution in [0.4, 0.5) is 0 Å². The maximum atomic E-state index is 11.1. The molecule has 0 heterocycles. The molecular formula is C12H19ClN2O. The maximum absolute atomic E-state index is 11.1. The first kappa shape index (κ1) is 11.8. The Bertz CT molecular complexity index is 351. The summed E-state index contributed by atoms with van der Waals surface area (Å²) in [7, 11) is 0. The fraction of sp³-hybridized carbons (Fsp3) is 0.750. The Morgan fingerprint density at radius 3 is 2.69 bits per heavy atom. The fourth-order valence-corrected chi connectivity index (χ4v) is 3.11. The highest BCUT2D eigenvalue weighted by molar-refractivity contribution is 6.27. The van der Waals surface area contributed by atoms with E-state index in [0.717, 1.165) is 5.70 Å². The second-order valence-electron chi connectivity index (χ2n) is 5.59. The monoisotopic (exact) mass is 242 g/mol. The largest absolute Gasteiger partial charge is 0.302 e. The van der Waals surface area contributed by atoms with Gasteiger partial charge in [0, 0.05) is 11.1 Å². The summed E-state index contributed by atoms with van der Waals surface area (Å²) in [6.07, 6.45) is 4.69. The molecule has 1 saturated carbocycles. The van der Waals surface area contributed by atoms with Gasteiger partial charge in [-0.25, -0.2) is 0 Å². The van der Waals surface area contributed by atoms with Crippen LogP contribution in [0.15, 0.2) is 11.8 Å². The summed E-state index contributed by atoms with van der Waals surface area (Å²) >= 11 is 5.44. The Morgan fingerprint density at radius 2 is 2.25 bits per heavy atom. The number of carbonyl (C=O) groups excluding carboxylic acids is 1. The molecule has 2 bridgehead atoms. The van der Waals surface area contributed by atoms with Crippen LogP contribution in [0.5, 0.6) is 0 Å². The van der Waals surface area contributed by atoms with Gasteiger partial charge in [-0.2, -0.15) is 0 Å². The first-order valence-corrected chi connectivity index (χ1v) is 6.28. The van der Waals surface area contributed by atoms with Gasteiger partial charge in [0.2, 0.25) is 0 Å². The molecular weight excluding hydrogens is 224 g/mol. The standard InChI is InChI=1S/C12H19ClN2O/c1-11(2)8-4-5-12(11,3)9(6-8)14-15-10(16)7-13/h6,8,14H,4-5,7H2,1-3H3,(H,15,16)/t8-,12-/m1/s1. The maximum Gasteiger partial charge on any atom is 0.253 e. The highest BCUT2D eigenvalue weighted by atomic mass is 35.5. The quantitative estimate of drug-likeness (QED) is 0.589. The first-order valence-electron chi connectivity index (χ1n) is 5.75. The van der Waals surface area contributed by atoms with Gasteiger partial charge in [-0.05, 0) is 24.2 Å². The number of rotatable bonds is 3. The van der Waals surface area contributed by atoms with Crippen LogP contribution in [-0.4, -0.2) is 11.8 Å². The van der Waals surface area contributed by atoms with E-state index in [2.05, 4.69) is 37.7 Å². The molecule has 2 aliphatic rings. The Morgan fingerprint density at radius 1 is 1.56 bits per heavy atom. The van der Waals surface area contributed by atoms with Crippen molar-refractivity contribution >= 4 is 17.5 Å². The van der Waals surface area contributed by atoms with E-state index in [1.54, 1.807) is 0 Å². The van der Waals surface area contributed by atoms with Crippen LogP contribution < -0.4 is 10.9 Å². The van der Waals surface area contributed by atoms with Crippen LogP contribution in [-0.2, 0) is 4.79 Å². The third-order valence-electron chi connectivity index (χ3n) is 4.72. The molecule has 0 aromatic carbocycles. The molecule has 16 heavy (non-hydrogen) atoms. The van der Waals surface area contributed by atoms with Crippen molar-refractivity contribution in [3.8, 4) is 0 Å². The van der Waals surface area contributed by atoms with E-state index in [0.29, 0.717) is 5.92 Å². The molecule has 2 atom stereocenters. The minimum atomic E-state index is -0.188. The summed E-state index contributed by atoms with van der Waals surface area (Å²) in [5, 5.41) is 0. The van der Waals surface area contributed by atoms with Crippen LogP contribution in [0.2, 0.25) is 0 Å². The summed E-state index contributed by atoms with van der Waals surface area (Å²) in [4.78, 5) is 11.1. The van der Waals surface area contributed by atoms with Crippen molar-refractivity contribution < 1.29 is 4.79 Å². The topological polar surface area (TPSA) is 41.1 Å². The van der Waals surface area contributed by atoms with E-state index in [9.17, 15) is 4.79 Å². The zero-order valence-electron chi connectivity index (χ0n) is 10.1. The Kier molecular flexibility index (Phi) is 2.69. The lowest BCUT2D eigenvalue weighted by Gasteiger charge is -2.37. The lowest BCUT2D eigenvalue weighted by atomic mass is 9.69. The molecule has 0 radical (unpaired) electrons.